The van der Waals surface area contributed by atoms with E-state index in [9.17, 15) is 0 Å². The third kappa shape index (κ3) is 3.90. The summed E-state index contributed by atoms with van der Waals surface area (Å²) in [5.41, 5.74) is 2.52. The van der Waals surface area contributed by atoms with Gasteiger partial charge >= 0.3 is 0 Å². The van der Waals surface area contributed by atoms with Crippen molar-refractivity contribution in [2.24, 2.45) is 0 Å². The van der Waals surface area contributed by atoms with Crippen molar-refractivity contribution in [2.75, 3.05) is 26.2 Å². The molecule has 1 aromatic heterocycles. The predicted octanol–water partition coefficient (Wildman–Crippen LogP) is 3.03. The molecule has 1 unspecified atom stereocenters. The van der Waals surface area contributed by atoms with Gasteiger partial charge < -0.3 is 5.32 Å². The maximum Gasteiger partial charge on any atom is 0.0422 e. The Morgan fingerprint density at radius 1 is 1.10 bits per heavy atom. The number of hydrogen-bond acceptors (Lipinski definition) is 3. The van der Waals surface area contributed by atoms with Gasteiger partial charge in [-0.1, -0.05) is 34.1 Å². The summed E-state index contributed by atoms with van der Waals surface area (Å²) in [5.74, 6) is 0. The van der Waals surface area contributed by atoms with Crippen molar-refractivity contribution >= 4 is 15.9 Å². The first-order valence-electron chi connectivity index (χ1n) is 7.43. The van der Waals surface area contributed by atoms with Crippen molar-refractivity contribution in [3.8, 4) is 0 Å². The van der Waals surface area contributed by atoms with Gasteiger partial charge in [-0.25, -0.2) is 0 Å². The van der Waals surface area contributed by atoms with Crippen LogP contribution in [-0.4, -0.2) is 36.1 Å². The predicted molar refractivity (Wildman–Crippen MR) is 89.3 cm³/mol. The first-order chi connectivity index (χ1) is 10.3. The van der Waals surface area contributed by atoms with Crippen molar-refractivity contribution in [3.05, 3.63) is 64.4 Å². The number of piperazine rings is 1. The van der Waals surface area contributed by atoms with Crippen LogP contribution < -0.4 is 5.32 Å². The largest absolute Gasteiger partial charge is 0.314 e. The monoisotopic (exact) mass is 345 g/mol. The van der Waals surface area contributed by atoms with Crippen molar-refractivity contribution in [3.63, 3.8) is 0 Å². The minimum atomic E-state index is 0.398. The van der Waals surface area contributed by atoms with Gasteiger partial charge in [0.15, 0.2) is 0 Å². The van der Waals surface area contributed by atoms with Gasteiger partial charge in [-0.05, 0) is 29.8 Å². The number of benzene rings is 1. The van der Waals surface area contributed by atoms with Crippen LogP contribution in [0.2, 0.25) is 0 Å². The minimum Gasteiger partial charge on any atom is -0.314 e. The number of pyridine rings is 1. The highest BCUT2D eigenvalue weighted by Crippen LogP contribution is 2.26. The van der Waals surface area contributed by atoms with Gasteiger partial charge in [-0.2, -0.15) is 0 Å². The summed E-state index contributed by atoms with van der Waals surface area (Å²) in [4.78, 5) is 7.07. The molecule has 1 aliphatic rings. The molecule has 3 nitrogen and oxygen atoms in total. The van der Waals surface area contributed by atoms with E-state index in [1.54, 1.807) is 0 Å². The third-order valence-corrected chi connectivity index (χ3v) is 4.50. The Hall–Kier alpha value is -1.23. The Kier molecular flexibility index (Phi) is 5.01. The Balaban J connectivity index is 1.84. The standard InChI is InChI=1S/C17H20BrN3/c18-15-6-4-14(5-7-15)17(21-11-9-19-10-12-21)13-16-3-1-2-8-20-16/h1-8,17,19H,9-13H2. The summed E-state index contributed by atoms with van der Waals surface area (Å²) in [6.07, 6.45) is 2.84. The zero-order valence-corrected chi connectivity index (χ0v) is 13.6. The van der Waals surface area contributed by atoms with Gasteiger partial charge in [0.2, 0.25) is 0 Å². The van der Waals surface area contributed by atoms with Gasteiger partial charge in [-0.3, -0.25) is 9.88 Å². The summed E-state index contributed by atoms with van der Waals surface area (Å²) in [6, 6.07) is 15.3. The fourth-order valence-corrected chi connectivity index (χ4v) is 3.12. The van der Waals surface area contributed by atoms with Gasteiger partial charge in [-0.15, -0.1) is 0 Å². The molecule has 0 amide bonds. The van der Waals surface area contributed by atoms with Crippen LogP contribution in [0, 0.1) is 0 Å². The van der Waals surface area contributed by atoms with Crippen LogP contribution in [0.5, 0.6) is 0 Å². The zero-order chi connectivity index (χ0) is 14.5. The molecule has 2 aromatic rings. The average Bonchev–Trinajstić information content (AvgIpc) is 2.55. The molecule has 21 heavy (non-hydrogen) atoms. The molecule has 0 bridgehead atoms. The maximum atomic E-state index is 4.50. The van der Waals surface area contributed by atoms with Crippen LogP contribution in [0.3, 0.4) is 0 Å². The van der Waals surface area contributed by atoms with E-state index in [1.807, 2.05) is 12.3 Å². The molecule has 0 aliphatic carbocycles. The zero-order valence-electron chi connectivity index (χ0n) is 12.0. The van der Waals surface area contributed by atoms with E-state index in [2.05, 4.69) is 67.5 Å². The van der Waals surface area contributed by atoms with Crippen LogP contribution in [-0.2, 0) is 6.42 Å². The highest BCUT2D eigenvalue weighted by atomic mass is 79.9. The van der Waals surface area contributed by atoms with Crippen molar-refractivity contribution in [1.82, 2.24) is 15.2 Å². The van der Waals surface area contributed by atoms with Crippen molar-refractivity contribution < 1.29 is 0 Å². The van der Waals surface area contributed by atoms with Crippen LogP contribution in [0.4, 0.5) is 0 Å². The lowest BCUT2D eigenvalue weighted by Crippen LogP contribution is -2.45. The molecular weight excluding hydrogens is 326 g/mol. The van der Waals surface area contributed by atoms with E-state index >= 15 is 0 Å². The molecule has 3 rings (SSSR count). The Morgan fingerprint density at radius 3 is 2.52 bits per heavy atom. The average molecular weight is 346 g/mol. The summed E-state index contributed by atoms with van der Waals surface area (Å²) in [6.45, 7) is 4.31. The summed E-state index contributed by atoms with van der Waals surface area (Å²) >= 11 is 3.52. The second-order valence-electron chi connectivity index (χ2n) is 5.38. The number of nitrogens with one attached hydrogen (secondary N) is 1. The minimum absolute atomic E-state index is 0.398. The molecule has 1 aromatic carbocycles. The van der Waals surface area contributed by atoms with Crippen LogP contribution >= 0.6 is 15.9 Å². The number of aromatic nitrogens is 1. The van der Waals surface area contributed by atoms with E-state index in [1.165, 1.54) is 5.56 Å². The van der Waals surface area contributed by atoms with Crippen molar-refractivity contribution in [2.45, 2.75) is 12.5 Å². The summed E-state index contributed by atoms with van der Waals surface area (Å²) in [7, 11) is 0. The van der Waals surface area contributed by atoms with Crippen molar-refractivity contribution in [1.29, 1.82) is 0 Å². The first-order valence-corrected chi connectivity index (χ1v) is 8.22. The Morgan fingerprint density at radius 2 is 1.86 bits per heavy atom. The summed E-state index contributed by atoms with van der Waals surface area (Å²) in [5, 5.41) is 3.43. The topological polar surface area (TPSA) is 28.2 Å². The van der Waals surface area contributed by atoms with Gasteiger partial charge in [0.1, 0.15) is 0 Å². The molecule has 0 radical (unpaired) electrons. The number of halogens is 1. The van der Waals surface area contributed by atoms with Gasteiger partial charge in [0, 0.05) is 55.0 Å². The highest BCUT2D eigenvalue weighted by Gasteiger charge is 2.22. The van der Waals surface area contributed by atoms with E-state index in [0.29, 0.717) is 6.04 Å². The van der Waals surface area contributed by atoms with E-state index in [0.717, 1.165) is 42.8 Å². The number of rotatable bonds is 4. The molecule has 1 saturated heterocycles. The molecule has 2 heterocycles. The lowest BCUT2D eigenvalue weighted by atomic mass is 9.99. The second-order valence-corrected chi connectivity index (χ2v) is 6.29. The maximum absolute atomic E-state index is 4.50. The van der Waals surface area contributed by atoms with Crippen LogP contribution in [0.25, 0.3) is 0 Å². The highest BCUT2D eigenvalue weighted by molar-refractivity contribution is 9.10. The van der Waals surface area contributed by atoms with Crippen LogP contribution in [0.15, 0.2) is 53.1 Å². The van der Waals surface area contributed by atoms with Gasteiger partial charge in [0.25, 0.3) is 0 Å². The quantitative estimate of drug-likeness (QED) is 0.922. The first kappa shape index (κ1) is 14.7. The molecule has 0 saturated carbocycles. The SMILES string of the molecule is Brc1ccc(C(Cc2ccccn2)N2CCNCC2)cc1. The van der Waals surface area contributed by atoms with E-state index in [4.69, 9.17) is 0 Å². The second kappa shape index (κ2) is 7.16. The lowest BCUT2D eigenvalue weighted by molar-refractivity contribution is 0.171. The smallest absolute Gasteiger partial charge is 0.0422 e. The number of hydrogen-bond donors (Lipinski definition) is 1. The molecular formula is C17H20BrN3. The summed E-state index contributed by atoms with van der Waals surface area (Å²) < 4.78 is 1.13. The Labute approximate surface area is 134 Å². The fraction of sp³-hybridized carbons (Fsp3) is 0.353. The molecule has 4 heteroatoms. The molecule has 1 N–H and O–H groups in total. The van der Waals surface area contributed by atoms with E-state index < -0.39 is 0 Å². The lowest BCUT2D eigenvalue weighted by Gasteiger charge is -2.35. The van der Waals surface area contributed by atoms with E-state index in [-0.39, 0.29) is 0 Å². The molecule has 1 atom stereocenters. The third-order valence-electron chi connectivity index (χ3n) is 3.98. The molecule has 0 spiro atoms. The van der Waals surface area contributed by atoms with Crippen LogP contribution in [0.1, 0.15) is 17.3 Å². The fourth-order valence-electron chi connectivity index (χ4n) is 2.85. The normalized spacial score (nSPS) is 17.6. The molecule has 1 fully saturated rings. The number of nitrogens with zero attached hydrogens (tertiary/aromatic N) is 2. The molecule has 110 valence electrons. The molecule has 1 aliphatic heterocycles. The van der Waals surface area contributed by atoms with Gasteiger partial charge in [0.05, 0.1) is 0 Å². The Bertz CT molecular complexity index is 550.